The Morgan fingerprint density at radius 1 is 1.04 bits per heavy atom. The molecule has 0 bridgehead atoms. The molecule has 0 radical (unpaired) electrons. The molecule has 0 amide bonds. The molecular weight excluding hydrogens is 320 g/mol. The molecule has 3 rings (SSSR count). The second kappa shape index (κ2) is 7.76. The van der Waals surface area contributed by atoms with Gasteiger partial charge in [-0.25, -0.2) is 0 Å². The van der Waals surface area contributed by atoms with Crippen LogP contribution in [0.15, 0.2) is 54.6 Å². The summed E-state index contributed by atoms with van der Waals surface area (Å²) in [6.07, 6.45) is 3.89. The Balaban J connectivity index is 1.88. The predicted molar refractivity (Wildman–Crippen MR) is 96.5 cm³/mol. The zero-order valence-electron chi connectivity index (χ0n) is 13.6. The van der Waals surface area contributed by atoms with Gasteiger partial charge in [0.1, 0.15) is 5.78 Å². The summed E-state index contributed by atoms with van der Waals surface area (Å²) in [6, 6.07) is 16.9. The van der Waals surface area contributed by atoms with Gasteiger partial charge >= 0.3 is 0 Å². The number of ketones is 2. The van der Waals surface area contributed by atoms with Crippen LogP contribution >= 0.6 is 11.6 Å². The highest BCUT2D eigenvalue weighted by Crippen LogP contribution is 2.37. The molecular formula is C21H21ClO2. The Bertz CT molecular complexity index is 706. The lowest BCUT2D eigenvalue weighted by Gasteiger charge is -2.29. The highest BCUT2D eigenvalue weighted by Gasteiger charge is 2.32. The summed E-state index contributed by atoms with van der Waals surface area (Å²) in [6.45, 7) is 0. The van der Waals surface area contributed by atoms with E-state index in [4.69, 9.17) is 11.6 Å². The summed E-state index contributed by atoms with van der Waals surface area (Å²) in [7, 11) is 0. The number of hydrogen-bond donors (Lipinski definition) is 0. The SMILES string of the molecule is O=C(C[C@H](c1ccc(Cl)cc1)[C@@H]1CCCCC1=O)c1ccccc1. The van der Waals surface area contributed by atoms with Gasteiger partial charge in [0.2, 0.25) is 0 Å². The second-order valence-electron chi connectivity index (χ2n) is 6.47. The Morgan fingerprint density at radius 3 is 2.42 bits per heavy atom. The maximum absolute atomic E-state index is 12.7. The van der Waals surface area contributed by atoms with E-state index in [0.717, 1.165) is 24.8 Å². The number of carbonyl (C=O) groups excluding carboxylic acids is 2. The molecule has 24 heavy (non-hydrogen) atoms. The van der Waals surface area contributed by atoms with Crippen LogP contribution in [0.1, 0.15) is 53.9 Å². The Morgan fingerprint density at radius 2 is 1.75 bits per heavy atom. The Hall–Kier alpha value is -1.93. The molecule has 124 valence electrons. The number of carbonyl (C=O) groups is 2. The molecule has 2 atom stereocenters. The normalized spacial score (nSPS) is 19.0. The zero-order valence-corrected chi connectivity index (χ0v) is 14.3. The van der Waals surface area contributed by atoms with Gasteiger partial charge in [0.05, 0.1) is 0 Å². The van der Waals surface area contributed by atoms with E-state index in [2.05, 4.69) is 0 Å². The average molecular weight is 341 g/mol. The lowest BCUT2D eigenvalue weighted by atomic mass is 9.73. The van der Waals surface area contributed by atoms with E-state index < -0.39 is 0 Å². The second-order valence-corrected chi connectivity index (χ2v) is 6.91. The fourth-order valence-electron chi connectivity index (χ4n) is 3.58. The predicted octanol–water partition coefficient (Wildman–Crippen LogP) is 5.46. The average Bonchev–Trinajstić information content (AvgIpc) is 2.62. The van der Waals surface area contributed by atoms with Crippen LogP contribution in [0.25, 0.3) is 0 Å². The van der Waals surface area contributed by atoms with Crippen molar-refractivity contribution in [1.82, 2.24) is 0 Å². The first-order valence-corrected chi connectivity index (χ1v) is 8.89. The molecule has 0 spiro atoms. The lowest BCUT2D eigenvalue weighted by molar-refractivity contribution is -0.125. The summed E-state index contributed by atoms with van der Waals surface area (Å²) in [4.78, 5) is 25.2. The monoisotopic (exact) mass is 340 g/mol. The van der Waals surface area contributed by atoms with E-state index in [9.17, 15) is 9.59 Å². The molecule has 0 heterocycles. The minimum absolute atomic E-state index is 0.0624. The third kappa shape index (κ3) is 3.93. The van der Waals surface area contributed by atoms with Crippen molar-refractivity contribution in [3.05, 3.63) is 70.7 Å². The number of halogens is 1. The molecule has 0 unspecified atom stereocenters. The van der Waals surface area contributed by atoms with Crippen molar-refractivity contribution < 1.29 is 9.59 Å². The maximum atomic E-state index is 12.7. The van der Waals surface area contributed by atoms with Crippen LogP contribution in [0.4, 0.5) is 0 Å². The third-order valence-corrected chi connectivity index (χ3v) is 5.14. The van der Waals surface area contributed by atoms with Gasteiger partial charge < -0.3 is 0 Å². The van der Waals surface area contributed by atoms with Gasteiger partial charge in [0.25, 0.3) is 0 Å². The van der Waals surface area contributed by atoms with Gasteiger partial charge in [-0.2, -0.15) is 0 Å². The smallest absolute Gasteiger partial charge is 0.163 e. The molecule has 0 saturated heterocycles. The summed E-state index contributed by atoms with van der Waals surface area (Å²) < 4.78 is 0. The highest BCUT2D eigenvalue weighted by molar-refractivity contribution is 6.30. The standard InChI is InChI=1S/C21H21ClO2/c22-17-12-10-15(11-13-17)19(18-8-4-5-9-20(18)23)14-21(24)16-6-2-1-3-7-16/h1-3,6-7,10-13,18-19H,4-5,8-9,14H2/t18-,19+/m0/s1. The number of rotatable bonds is 5. The van der Waals surface area contributed by atoms with Gasteiger partial charge in [-0.3, -0.25) is 9.59 Å². The lowest BCUT2D eigenvalue weighted by Crippen LogP contribution is -2.27. The van der Waals surface area contributed by atoms with Gasteiger partial charge in [0.15, 0.2) is 5.78 Å². The van der Waals surface area contributed by atoms with E-state index >= 15 is 0 Å². The quantitative estimate of drug-likeness (QED) is 0.677. The zero-order chi connectivity index (χ0) is 16.9. The Labute approximate surface area is 147 Å². The summed E-state index contributed by atoms with van der Waals surface area (Å²) in [5.41, 5.74) is 1.74. The fraction of sp³-hybridized carbons (Fsp3) is 0.333. The number of Topliss-reactive ketones (excluding diaryl/α,β-unsaturated/α-hetero) is 2. The van der Waals surface area contributed by atoms with Crippen LogP contribution in [0.5, 0.6) is 0 Å². The first-order chi connectivity index (χ1) is 11.6. The maximum Gasteiger partial charge on any atom is 0.163 e. The largest absolute Gasteiger partial charge is 0.299 e. The van der Waals surface area contributed by atoms with Gasteiger partial charge in [-0.1, -0.05) is 60.5 Å². The van der Waals surface area contributed by atoms with Crippen molar-refractivity contribution in [3.63, 3.8) is 0 Å². The van der Waals surface area contributed by atoms with Crippen molar-refractivity contribution in [2.75, 3.05) is 0 Å². The van der Waals surface area contributed by atoms with E-state index in [1.165, 1.54) is 0 Å². The van der Waals surface area contributed by atoms with Crippen molar-refractivity contribution in [1.29, 1.82) is 0 Å². The van der Waals surface area contributed by atoms with E-state index in [-0.39, 0.29) is 17.6 Å². The van der Waals surface area contributed by atoms with E-state index in [1.807, 2.05) is 54.6 Å². The van der Waals surface area contributed by atoms with Gasteiger partial charge in [0, 0.05) is 35.3 Å². The summed E-state index contributed by atoms with van der Waals surface area (Å²) in [5.74, 6) is 0.256. The number of benzene rings is 2. The van der Waals surface area contributed by atoms with Crippen molar-refractivity contribution in [2.45, 2.75) is 38.0 Å². The fourth-order valence-corrected chi connectivity index (χ4v) is 3.71. The van der Waals surface area contributed by atoms with Crippen LogP contribution in [0.2, 0.25) is 5.02 Å². The molecule has 2 nitrogen and oxygen atoms in total. The molecule has 0 N–H and O–H groups in total. The molecule has 3 heteroatoms. The first-order valence-electron chi connectivity index (χ1n) is 8.51. The highest BCUT2D eigenvalue weighted by atomic mass is 35.5. The van der Waals surface area contributed by atoms with Crippen LogP contribution in [0, 0.1) is 5.92 Å². The van der Waals surface area contributed by atoms with Crippen LogP contribution in [0.3, 0.4) is 0 Å². The van der Waals surface area contributed by atoms with Gasteiger partial charge in [-0.15, -0.1) is 0 Å². The van der Waals surface area contributed by atoms with E-state index in [1.54, 1.807) is 0 Å². The molecule has 2 aromatic rings. The molecule has 2 aromatic carbocycles. The minimum atomic E-state index is -0.0669. The van der Waals surface area contributed by atoms with Crippen LogP contribution in [-0.4, -0.2) is 11.6 Å². The molecule has 1 saturated carbocycles. The minimum Gasteiger partial charge on any atom is -0.299 e. The molecule has 0 aliphatic heterocycles. The Kier molecular flexibility index (Phi) is 5.47. The van der Waals surface area contributed by atoms with Gasteiger partial charge in [-0.05, 0) is 30.5 Å². The topological polar surface area (TPSA) is 34.1 Å². The van der Waals surface area contributed by atoms with E-state index in [0.29, 0.717) is 29.2 Å². The molecule has 1 aliphatic carbocycles. The first kappa shape index (κ1) is 16.9. The van der Waals surface area contributed by atoms with Crippen molar-refractivity contribution in [2.24, 2.45) is 5.92 Å². The third-order valence-electron chi connectivity index (χ3n) is 4.89. The van der Waals surface area contributed by atoms with Crippen molar-refractivity contribution in [3.8, 4) is 0 Å². The number of hydrogen-bond acceptors (Lipinski definition) is 2. The van der Waals surface area contributed by atoms with Crippen LogP contribution < -0.4 is 0 Å². The molecule has 0 aromatic heterocycles. The summed E-state index contributed by atoms with van der Waals surface area (Å²) in [5, 5.41) is 0.668. The van der Waals surface area contributed by atoms with Crippen molar-refractivity contribution >= 4 is 23.2 Å². The van der Waals surface area contributed by atoms with Crippen LogP contribution in [-0.2, 0) is 4.79 Å². The summed E-state index contributed by atoms with van der Waals surface area (Å²) >= 11 is 6.00. The molecule has 1 aliphatic rings. The molecule has 1 fully saturated rings.